The van der Waals surface area contributed by atoms with Gasteiger partial charge in [-0.1, -0.05) is 23.7 Å². The highest BCUT2D eigenvalue weighted by molar-refractivity contribution is 6.36. The summed E-state index contributed by atoms with van der Waals surface area (Å²) >= 11 is 5.90. The van der Waals surface area contributed by atoms with Crippen molar-refractivity contribution in [1.82, 2.24) is 0 Å². The minimum atomic E-state index is -3.01. The summed E-state index contributed by atoms with van der Waals surface area (Å²) in [6.07, 6.45) is 5.14. The van der Waals surface area contributed by atoms with E-state index < -0.39 is 13.3 Å². The van der Waals surface area contributed by atoms with Crippen molar-refractivity contribution in [3.05, 3.63) is 64.2 Å². The molecule has 1 aliphatic heterocycles. The Morgan fingerprint density at radius 3 is 2.85 bits per heavy atom. The Morgan fingerprint density at radius 2 is 2.11 bits per heavy atom. The Hall–Kier alpha value is -2.34. The van der Waals surface area contributed by atoms with Gasteiger partial charge in [-0.25, -0.2) is 8.63 Å². The summed E-state index contributed by atoms with van der Waals surface area (Å²) in [6, 6.07) is 10.1. The largest absolute Gasteiger partial charge is 0.796 e. The number of ketones is 1. The molecule has 0 aromatic heterocycles. The van der Waals surface area contributed by atoms with Gasteiger partial charge in [0.05, 0.1) is 5.56 Å². The van der Waals surface area contributed by atoms with Crippen molar-refractivity contribution < 1.29 is 18.1 Å². The van der Waals surface area contributed by atoms with Gasteiger partial charge in [-0.15, -0.1) is 0 Å². The number of carbonyl (C=O) groups excluding carboxylic acids is 1. The number of allylic oxidation sites excluding steroid dienone is 1. The van der Waals surface area contributed by atoms with E-state index >= 15 is 0 Å². The second-order valence-corrected chi connectivity index (χ2v) is 6.72. The van der Waals surface area contributed by atoms with Crippen LogP contribution in [0.15, 0.2) is 42.5 Å². The number of carbonyl (C=O) groups is 1. The molecule has 0 atom stereocenters. The van der Waals surface area contributed by atoms with Gasteiger partial charge in [0.25, 0.3) is 0 Å². The lowest BCUT2D eigenvalue weighted by Crippen LogP contribution is -2.28. The molecule has 140 valence electrons. The maximum atomic E-state index is 12.5. The van der Waals surface area contributed by atoms with Crippen LogP contribution in [0.2, 0.25) is 5.02 Å². The van der Waals surface area contributed by atoms with E-state index in [1.807, 2.05) is 6.07 Å². The molecular weight excluding hydrogens is 370 g/mol. The molecule has 0 saturated carbocycles. The van der Waals surface area contributed by atoms with Gasteiger partial charge in [0, 0.05) is 23.8 Å². The highest BCUT2D eigenvalue weighted by Gasteiger charge is 2.21. The van der Waals surface area contributed by atoms with Crippen LogP contribution in [-0.4, -0.2) is 26.3 Å². The number of anilines is 1. The second kappa shape index (κ2) is 8.57. The van der Waals surface area contributed by atoms with Crippen molar-refractivity contribution in [3.8, 4) is 5.75 Å². The Kier molecular flexibility index (Phi) is 6.17. The molecule has 2 aromatic carbocycles. The van der Waals surface area contributed by atoms with Crippen LogP contribution >= 0.6 is 11.6 Å². The third kappa shape index (κ3) is 4.69. The summed E-state index contributed by atoms with van der Waals surface area (Å²) in [5, 5.41) is 0.279. The Morgan fingerprint density at radius 1 is 1.30 bits per heavy atom. The Bertz CT molecular complexity index is 873. The third-order valence-corrected chi connectivity index (χ3v) is 4.79. The van der Waals surface area contributed by atoms with E-state index in [9.17, 15) is 13.4 Å². The molecule has 1 heterocycles. The molecule has 3 rings (SSSR count). The van der Waals surface area contributed by atoms with Crippen molar-refractivity contribution in [2.24, 2.45) is 0 Å². The Labute approximate surface area is 162 Å². The van der Waals surface area contributed by atoms with Crippen LogP contribution in [0.1, 0.15) is 34.8 Å². The van der Waals surface area contributed by atoms with Gasteiger partial charge < -0.3 is 9.55 Å². The molecule has 3 nitrogen and oxygen atoms in total. The average Bonchev–Trinajstić information content (AvgIpc) is 2.66. The van der Waals surface area contributed by atoms with Crippen molar-refractivity contribution >= 4 is 36.6 Å². The molecule has 1 aliphatic rings. The molecule has 0 saturated heterocycles. The standard InChI is InChI=1S/C20H19BClF2NO2/c1-2-25-11-3-4-15-12-14(5-8-18(15)25)6-9-19(26)17-13-16(22)7-10-20(17)27-21(23)24/h5-10,12-13H,2-4,11H2,1H3. The molecule has 0 aliphatic carbocycles. The molecule has 0 radical (unpaired) electrons. The second-order valence-electron chi connectivity index (χ2n) is 6.29. The first-order valence-electron chi connectivity index (χ1n) is 8.82. The number of fused-ring (bicyclic) bond motifs is 1. The van der Waals surface area contributed by atoms with Crippen molar-refractivity contribution in [2.75, 3.05) is 18.0 Å². The minimum Gasteiger partial charge on any atom is -0.505 e. The van der Waals surface area contributed by atoms with E-state index in [2.05, 4.69) is 28.6 Å². The molecule has 0 amide bonds. The van der Waals surface area contributed by atoms with E-state index in [-0.39, 0.29) is 16.3 Å². The number of hydrogen-bond acceptors (Lipinski definition) is 3. The van der Waals surface area contributed by atoms with Gasteiger partial charge >= 0.3 is 7.47 Å². The van der Waals surface area contributed by atoms with Crippen molar-refractivity contribution in [3.63, 3.8) is 0 Å². The van der Waals surface area contributed by atoms with E-state index in [1.165, 1.54) is 35.5 Å². The fourth-order valence-electron chi connectivity index (χ4n) is 3.28. The lowest BCUT2D eigenvalue weighted by Gasteiger charge is -2.30. The number of halogens is 3. The number of nitrogens with zero attached hydrogens (tertiary/aromatic N) is 1. The predicted molar refractivity (Wildman–Crippen MR) is 106 cm³/mol. The zero-order chi connectivity index (χ0) is 19.4. The molecule has 0 N–H and O–H groups in total. The smallest absolute Gasteiger partial charge is 0.505 e. The quantitative estimate of drug-likeness (QED) is 0.381. The number of hydrogen-bond donors (Lipinski definition) is 0. The summed E-state index contributed by atoms with van der Waals surface area (Å²) in [5.41, 5.74) is 3.38. The molecule has 7 heteroatoms. The van der Waals surface area contributed by atoms with Gasteiger partial charge in [-0.3, -0.25) is 4.79 Å². The van der Waals surface area contributed by atoms with Crippen LogP contribution in [-0.2, 0) is 6.42 Å². The molecule has 27 heavy (non-hydrogen) atoms. The fourth-order valence-corrected chi connectivity index (χ4v) is 3.45. The van der Waals surface area contributed by atoms with Crippen LogP contribution in [0.4, 0.5) is 14.3 Å². The lowest BCUT2D eigenvalue weighted by atomic mass is 9.98. The van der Waals surface area contributed by atoms with Crippen LogP contribution in [0.3, 0.4) is 0 Å². The lowest BCUT2D eigenvalue weighted by molar-refractivity contribution is 0.104. The normalized spacial score (nSPS) is 13.6. The summed E-state index contributed by atoms with van der Waals surface area (Å²) in [5.74, 6) is -0.630. The first-order chi connectivity index (χ1) is 13.0. The molecule has 0 unspecified atom stereocenters. The summed E-state index contributed by atoms with van der Waals surface area (Å²) in [7, 11) is -3.01. The monoisotopic (exact) mass is 389 g/mol. The van der Waals surface area contributed by atoms with Crippen molar-refractivity contribution in [2.45, 2.75) is 19.8 Å². The zero-order valence-electron chi connectivity index (χ0n) is 14.9. The number of benzene rings is 2. The maximum Gasteiger partial charge on any atom is 0.796 e. The van der Waals surface area contributed by atoms with Gasteiger partial charge in [0.15, 0.2) is 5.78 Å². The highest BCUT2D eigenvalue weighted by atomic mass is 35.5. The molecule has 0 spiro atoms. The van der Waals surface area contributed by atoms with Crippen LogP contribution in [0.25, 0.3) is 6.08 Å². The topological polar surface area (TPSA) is 29.5 Å². The van der Waals surface area contributed by atoms with Crippen LogP contribution in [0.5, 0.6) is 5.75 Å². The Balaban J connectivity index is 1.82. The molecular formula is C20H19BClF2NO2. The average molecular weight is 390 g/mol. The summed E-state index contributed by atoms with van der Waals surface area (Å²) in [6.45, 7) is 4.15. The van der Waals surface area contributed by atoms with Crippen LogP contribution < -0.4 is 9.55 Å². The van der Waals surface area contributed by atoms with E-state index in [0.29, 0.717) is 0 Å². The first-order valence-corrected chi connectivity index (χ1v) is 9.20. The third-order valence-electron chi connectivity index (χ3n) is 4.55. The molecule has 2 aromatic rings. The van der Waals surface area contributed by atoms with Gasteiger partial charge in [0.2, 0.25) is 0 Å². The number of aryl methyl sites for hydroxylation is 1. The van der Waals surface area contributed by atoms with Gasteiger partial charge in [-0.2, -0.15) is 0 Å². The SMILES string of the molecule is CCN1CCCc2cc(C=CC(=O)c3cc(Cl)ccc3OB(F)F)ccc21. The zero-order valence-corrected chi connectivity index (χ0v) is 15.7. The summed E-state index contributed by atoms with van der Waals surface area (Å²) < 4.78 is 29.5. The van der Waals surface area contributed by atoms with Crippen LogP contribution in [0, 0.1) is 0 Å². The highest BCUT2D eigenvalue weighted by Crippen LogP contribution is 2.29. The molecule has 0 fully saturated rings. The van der Waals surface area contributed by atoms with Gasteiger partial charge in [0.1, 0.15) is 5.75 Å². The first kappa shape index (κ1) is 19.4. The predicted octanol–water partition coefficient (Wildman–Crippen LogP) is 5.31. The van der Waals surface area contributed by atoms with E-state index in [0.717, 1.165) is 31.5 Å². The van der Waals surface area contributed by atoms with E-state index in [4.69, 9.17) is 11.6 Å². The molecule has 0 bridgehead atoms. The van der Waals surface area contributed by atoms with Gasteiger partial charge in [-0.05, 0) is 67.3 Å². The minimum absolute atomic E-state index is 0.00849. The fraction of sp³-hybridized carbons (Fsp3) is 0.250. The summed E-state index contributed by atoms with van der Waals surface area (Å²) in [4.78, 5) is 14.8. The number of rotatable bonds is 6. The maximum absolute atomic E-state index is 12.5. The van der Waals surface area contributed by atoms with E-state index in [1.54, 1.807) is 6.08 Å². The van der Waals surface area contributed by atoms with Crippen molar-refractivity contribution in [1.29, 1.82) is 0 Å².